The lowest BCUT2D eigenvalue weighted by Crippen LogP contribution is -2.10. The number of nitrogens with two attached hydrogens (primary N) is 1. The lowest BCUT2D eigenvalue weighted by Gasteiger charge is -2.16. The van der Waals surface area contributed by atoms with Crippen molar-refractivity contribution in [2.24, 2.45) is 0 Å². The summed E-state index contributed by atoms with van der Waals surface area (Å²) in [5, 5.41) is 5.63. The smallest absolute Gasteiger partial charge is 0.0437 e. The molecule has 3 heteroatoms. The Hall–Kier alpha value is -2.55. The predicted octanol–water partition coefficient (Wildman–Crippen LogP) is 4.03. The van der Waals surface area contributed by atoms with Crippen LogP contribution >= 0.6 is 0 Å². The minimum absolute atomic E-state index is 0.440. The molecule has 1 atom stereocenters. The first-order valence-electron chi connectivity index (χ1n) is 7.16. The van der Waals surface area contributed by atoms with Crippen LogP contribution in [0.1, 0.15) is 18.4 Å². The summed E-state index contributed by atoms with van der Waals surface area (Å²) >= 11 is 0. The molecular weight excluding hydrogens is 258 g/mol. The summed E-state index contributed by atoms with van der Waals surface area (Å²) in [5.74, 6) is 0.440. The van der Waals surface area contributed by atoms with Crippen LogP contribution in [0.25, 0.3) is 10.8 Å². The first-order valence-corrected chi connectivity index (χ1v) is 7.16. The quantitative estimate of drug-likeness (QED) is 0.708. The van der Waals surface area contributed by atoms with E-state index >= 15 is 0 Å². The average molecular weight is 277 g/mol. The van der Waals surface area contributed by atoms with Gasteiger partial charge in [-0.3, -0.25) is 4.98 Å². The summed E-state index contributed by atoms with van der Waals surface area (Å²) in [6.07, 6.45) is 3.64. The summed E-state index contributed by atoms with van der Waals surface area (Å²) in [7, 11) is 0. The average Bonchev–Trinajstić information content (AvgIpc) is 2.55. The molecule has 3 nitrogen and oxygen atoms in total. The highest BCUT2D eigenvalue weighted by Crippen LogP contribution is 2.28. The van der Waals surface area contributed by atoms with Gasteiger partial charge >= 0.3 is 0 Å². The van der Waals surface area contributed by atoms with Gasteiger partial charge in [0.2, 0.25) is 0 Å². The monoisotopic (exact) mass is 277 g/mol. The molecule has 21 heavy (non-hydrogen) atoms. The van der Waals surface area contributed by atoms with E-state index < -0.39 is 0 Å². The van der Waals surface area contributed by atoms with Crippen molar-refractivity contribution >= 4 is 22.1 Å². The number of nitrogen functional groups attached to an aromatic ring is 1. The summed E-state index contributed by atoms with van der Waals surface area (Å²) in [5.41, 5.74) is 9.22. The molecule has 0 radical (unpaired) electrons. The third-order valence-electron chi connectivity index (χ3n) is 3.82. The Bertz CT molecular complexity index is 738. The maximum atomic E-state index is 6.02. The highest BCUT2D eigenvalue weighted by Gasteiger charge is 2.07. The second-order valence-corrected chi connectivity index (χ2v) is 5.32. The van der Waals surface area contributed by atoms with E-state index in [1.807, 2.05) is 30.5 Å². The molecule has 0 aliphatic heterocycles. The number of pyridine rings is 1. The van der Waals surface area contributed by atoms with E-state index in [0.29, 0.717) is 5.92 Å². The van der Waals surface area contributed by atoms with Gasteiger partial charge in [-0.2, -0.15) is 0 Å². The van der Waals surface area contributed by atoms with Crippen LogP contribution in [0.4, 0.5) is 11.4 Å². The Morgan fingerprint density at radius 2 is 1.86 bits per heavy atom. The van der Waals surface area contributed by atoms with Crippen molar-refractivity contribution in [3.63, 3.8) is 0 Å². The maximum absolute atomic E-state index is 6.02. The van der Waals surface area contributed by atoms with Gasteiger partial charge in [0, 0.05) is 41.1 Å². The van der Waals surface area contributed by atoms with Gasteiger partial charge in [-0.25, -0.2) is 0 Å². The van der Waals surface area contributed by atoms with E-state index in [-0.39, 0.29) is 0 Å². The molecule has 1 heterocycles. The van der Waals surface area contributed by atoms with E-state index in [9.17, 15) is 0 Å². The van der Waals surface area contributed by atoms with Crippen LogP contribution in [0.15, 0.2) is 60.9 Å². The number of hydrogen-bond donors (Lipinski definition) is 2. The third kappa shape index (κ3) is 2.82. The number of hydrogen-bond acceptors (Lipinski definition) is 3. The fourth-order valence-corrected chi connectivity index (χ4v) is 2.53. The molecule has 1 unspecified atom stereocenters. The number of aromatic nitrogens is 1. The van der Waals surface area contributed by atoms with Crippen LogP contribution in [0.3, 0.4) is 0 Å². The molecule has 0 amide bonds. The molecule has 0 spiro atoms. The molecule has 3 aromatic rings. The molecule has 0 fully saturated rings. The Labute approximate surface area is 124 Å². The second kappa shape index (κ2) is 5.83. The number of fused-ring (bicyclic) bond motifs is 1. The zero-order valence-corrected chi connectivity index (χ0v) is 12.1. The van der Waals surface area contributed by atoms with Crippen molar-refractivity contribution in [2.45, 2.75) is 12.8 Å². The maximum Gasteiger partial charge on any atom is 0.0437 e. The van der Waals surface area contributed by atoms with Gasteiger partial charge in [0.1, 0.15) is 0 Å². The number of anilines is 2. The lowest BCUT2D eigenvalue weighted by molar-refractivity contribution is 0.805. The Kier molecular flexibility index (Phi) is 3.73. The van der Waals surface area contributed by atoms with Crippen molar-refractivity contribution in [1.29, 1.82) is 0 Å². The second-order valence-electron chi connectivity index (χ2n) is 5.32. The first-order chi connectivity index (χ1) is 10.3. The van der Waals surface area contributed by atoms with E-state index in [2.05, 4.69) is 41.5 Å². The molecule has 0 aliphatic rings. The minimum atomic E-state index is 0.440. The van der Waals surface area contributed by atoms with E-state index in [1.165, 1.54) is 5.56 Å². The highest BCUT2D eigenvalue weighted by molar-refractivity contribution is 6.00. The summed E-state index contributed by atoms with van der Waals surface area (Å²) in [6, 6.07) is 16.4. The molecule has 3 rings (SSSR count). The van der Waals surface area contributed by atoms with Crippen LogP contribution in [0, 0.1) is 0 Å². The summed E-state index contributed by atoms with van der Waals surface area (Å²) in [4.78, 5) is 4.20. The third-order valence-corrected chi connectivity index (χ3v) is 3.82. The molecule has 0 bridgehead atoms. The van der Waals surface area contributed by atoms with Gasteiger partial charge in [-0.05, 0) is 29.7 Å². The first kappa shape index (κ1) is 13.4. The zero-order chi connectivity index (χ0) is 14.7. The predicted molar refractivity (Wildman–Crippen MR) is 89.5 cm³/mol. The number of nitrogens with zero attached hydrogens (tertiary/aromatic N) is 1. The van der Waals surface area contributed by atoms with Gasteiger partial charge < -0.3 is 11.1 Å². The van der Waals surface area contributed by atoms with E-state index in [0.717, 1.165) is 28.7 Å². The Morgan fingerprint density at radius 3 is 2.67 bits per heavy atom. The Balaban J connectivity index is 1.81. The molecule has 106 valence electrons. The zero-order valence-electron chi connectivity index (χ0n) is 12.1. The van der Waals surface area contributed by atoms with E-state index in [4.69, 9.17) is 5.73 Å². The Morgan fingerprint density at radius 1 is 1.05 bits per heavy atom. The lowest BCUT2D eigenvalue weighted by atomic mass is 10.0. The molecule has 1 aromatic heterocycles. The standard InChI is InChI=1S/C18H19N3/c1-13(14-5-3-2-4-6-14)11-21-18-8-7-17(19)15-9-10-20-12-16(15)18/h2-10,12-13,21H,11,19H2,1H3. The highest BCUT2D eigenvalue weighted by atomic mass is 14.9. The topological polar surface area (TPSA) is 50.9 Å². The number of rotatable bonds is 4. The van der Waals surface area contributed by atoms with Crippen LogP contribution in [-0.4, -0.2) is 11.5 Å². The molecule has 0 aliphatic carbocycles. The molecule has 3 N–H and O–H groups in total. The van der Waals surface area contributed by atoms with Gasteiger partial charge in [-0.15, -0.1) is 0 Å². The molecule has 2 aromatic carbocycles. The SMILES string of the molecule is CC(CNc1ccc(N)c2ccncc12)c1ccccc1. The summed E-state index contributed by atoms with van der Waals surface area (Å²) < 4.78 is 0. The largest absolute Gasteiger partial charge is 0.398 e. The van der Waals surface area contributed by atoms with Crippen molar-refractivity contribution in [3.8, 4) is 0 Å². The molecular formula is C18H19N3. The van der Waals surface area contributed by atoms with Crippen LogP contribution in [0.5, 0.6) is 0 Å². The van der Waals surface area contributed by atoms with Gasteiger partial charge in [0.25, 0.3) is 0 Å². The fourth-order valence-electron chi connectivity index (χ4n) is 2.53. The fraction of sp³-hybridized carbons (Fsp3) is 0.167. The molecule has 0 saturated heterocycles. The van der Waals surface area contributed by atoms with E-state index in [1.54, 1.807) is 6.20 Å². The van der Waals surface area contributed by atoms with Crippen LogP contribution in [0.2, 0.25) is 0 Å². The van der Waals surface area contributed by atoms with Gasteiger partial charge in [0.15, 0.2) is 0 Å². The summed E-state index contributed by atoms with van der Waals surface area (Å²) in [6.45, 7) is 3.10. The molecule has 0 saturated carbocycles. The van der Waals surface area contributed by atoms with Crippen LogP contribution in [-0.2, 0) is 0 Å². The number of nitrogens with one attached hydrogen (secondary N) is 1. The van der Waals surface area contributed by atoms with Crippen molar-refractivity contribution < 1.29 is 0 Å². The van der Waals surface area contributed by atoms with Crippen molar-refractivity contribution in [3.05, 3.63) is 66.5 Å². The minimum Gasteiger partial charge on any atom is -0.398 e. The normalized spacial score (nSPS) is 12.2. The van der Waals surface area contributed by atoms with Crippen LogP contribution < -0.4 is 11.1 Å². The van der Waals surface area contributed by atoms with Crippen molar-refractivity contribution in [2.75, 3.05) is 17.6 Å². The number of benzene rings is 2. The van der Waals surface area contributed by atoms with Gasteiger partial charge in [0.05, 0.1) is 0 Å². The van der Waals surface area contributed by atoms with Gasteiger partial charge in [-0.1, -0.05) is 37.3 Å². The van der Waals surface area contributed by atoms with Crippen molar-refractivity contribution in [1.82, 2.24) is 4.98 Å².